The Labute approximate surface area is 159 Å². The topological polar surface area (TPSA) is 88.3 Å². The molecule has 3 N–H and O–H groups in total. The summed E-state index contributed by atoms with van der Waals surface area (Å²) >= 11 is 0. The summed E-state index contributed by atoms with van der Waals surface area (Å²) < 4.78 is 38.6. The number of aromatic nitrogens is 1. The van der Waals surface area contributed by atoms with E-state index in [9.17, 15) is 22.8 Å². The summed E-state index contributed by atoms with van der Waals surface area (Å²) in [5.74, 6) is -0.868. The molecule has 6 nitrogen and oxygen atoms in total. The van der Waals surface area contributed by atoms with E-state index in [2.05, 4.69) is 10.3 Å². The van der Waals surface area contributed by atoms with Crippen LogP contribution in [0.25, 0.3) is 0 Å². The van der Waals surface area contributed by atoms with Crippen molar-refractivity contribution in [1.29, 1.82) is 0 Å². The van der Waals surface area contributed by atoms with Gasteiger partial charge in [-0.2, -0.15) is 13.2 Å². The molecule has 2 heterocycles. The van der Waals surface area contributed by atoms with Crippen LogP contribution in [0.4, 0.5) is 24.5 Å². The minimum atomic E-state index is -4.41. The molecule has 0 radical (unpaired) electrons. The zero-order valence-electron chi connectivity index (χ0n) is 15.1. The van der Waals surface area contributed by atoms with Gasteiger partial charge in [0.1, 0.15) is 5.69 Å². The summed E-state index contributed by atoms with van der Waals surface area (Å²) in [6, 6.07) is 8.03. The molecule has 0 fully saturated rings. The maximum Gasteiger partial charge on any atom is 0.416 e. The van der Waals surface area contributed by atoms with Gasteiger partial charge in [-0.05, 0) is 48.7 Å². The Balaban J connectivity index is 1.97. The number of pyridine rings is 1. The van der Waals surface area contributed by atoms with Gasteiger partial charge in [0.2, 0.25) is 5.91 Å². The summed E-state index contributed by atoms with van der Waals surface area (Å²) in [7, 11) is 0. The average molecular weight is 392 g/mol. The number of nitrogens with zero attached hydrogens (tertiary/aromatic N) is 2. The number of carbonyl (C=O) groups is 2. The van der Waals surface area contributed by atoms with Crippen LogP contribution in [0, 0.1) is 5.92 Å². The van der Waals surface area contributed by atoms with Gasteiger partial charge in [0.25, 0.3) is 5.91 Å². The number of anilines is 2. The van der Waals surface area contributed by atoms with Crippen molar-refractivity contribution in [3.05, 3.63) is 53.3 Å². The SMILES string of the molecule is CC(=O)NCC1Cc2nc(C(N)=O)ccc2N(c2ccc(C(F)(F)F)cc2)C1. The number of hydrogen-bond acceptors (Lipinski definition) is 4. The van der Waals surface area contributed by atoms with Crippen molar-refractivity contribution in [3.63, 3.8) is 0 Å². The minimum absolute atomic E-state index is 0.0330. The molecule has 0 spiro atoms. The third-order valence-electron chi connectivity index (χ3n) is 4.56. The second-order valence-electron chi connectivity index (χ2n) is 6.69. The van der Waals surface area contributed by atoms with E-state index in [1.807, 2.05) is 4.90 Å². The monoisotopic (exact) mass is 392 g/mol. The number of benzene rings is 1. The standard InChI is InChI=1S/C19H19F3N4O2/c1-11(27)24-9-12-8-16-17(7-6-15(25-16)18(23)28)26(10-12)14-4-2-13(3-5-14)19(20,21)22/h2-7,12H,8-10H2,1H3,(H2,23,28)(H,24,27). The van der Waals surface area contributed by atoms with Gasteiger partial charge in [-0.25, -0.2) is 4.98 Å². The molecule has 0 saturated heterocycles. The van der Waals surface area contributed by atoms with Crippen LogP contribution in [-0.2, 0) is 17.4 Å². The highest BCUT2D eigenvalue weighted by atomic mass is 19.4. The zero-order valence-corrected chi connectivity index (χ0v) is 15.1. The van der Waals surface area contributed by atoms with E-state index in [-0.39, 0.29) is 17.5 Å². The lowest BCUT2D eigenvalue weighted by atomic mass is 9.95. The number of alkyl halides is 3. The van der Waals surface area contributed by atoms with Crippen molar-refractivity contribution in [2.75, 3.05) is 18.0 Å². The summed E-state index contributed by atoms with van der Waals surface area (Å²) in [6.07, 6.45) is -3.90. The molecule has 3 rings (SSSR count). The van der Waals surface area contributed by atoms with E-state index in [1.54, 1.807) is 6.07 Å². The van der Waals surface area contributed by atoms with Crippen LogP contribution in [0.3, 0.4) is 0 Å². The van der Waals surface area contributed by atoms with Crippen LogP contribution in [0.5, 0.6) is 0 Å². The van der Waals surface area contributed by atoms with Crippen LogP contribution < -0.4 is 16.0 Å². The van der Waals surface area contributed by atoms with Gasteiger partial charge in [-0.1, -0.05) is 0 Å². The molecule has 1 aromatic heterocycles. The second kappa shape index (κ2) is 7.49. The fraction of sp³-hybridized carbons (Fsp3) is 0.316. The highest BCUT2D eigenvalue weighted by molar-refractivity contribution is 5.91. The Morgan fingerprint density at radius 1 is 1.21 bits per heavy atom. The molecular weight excluding hydrogens is 373 g/mol. The van der Waals surface area contributed by atoms with Crippen molar-refractivity contribution >= 4 is 23.2 Å². The van der Waals surface area contributed by atoms with Crippen LogP contribution >= 0.6 is 0 Å². The maximum atomic E-state index is 12.9. The average Bonchev–Trinajstić information content (AvgIpc) is 2.64. The van der Waals surface area contributed by atoms with Crippen LogP contribution in [0.2, 0.25) is 0 Å². The highest BCUT2D eigenvalue weighted by Crippen LogP contribution is 2.36. The molecule has 148 valence electrons. The van der Waals surface area contributed by atoms with Gasteiger partial charge < -0.3 is 16.0 Å². The van der Waals surface area contributed by atoms with Crippen molar-refractivity contribution < 1.29 is 22.8 Å². The Kier molecular flexibility index (Phi) is 5.26. The molecule has 9 heteroatoms. The molecule has 0 bridgehead atoms. The minimum Gasteiger partial charge on any atom is -0.364 e. The molecule has 1 unspecified atom stereocenters. The zero-order chi connectivity index (χ0) is 20.5. The molecule has 1 aliphatic heterocycles. The van der Waals surface area contributed by atoms with Gasteiger partial charge >= 0.3 is 6.18 Å². The normalized spacial score (nSPS) is 16.4. The lowest BCUT2D eigenvalue weighted by Gasteiger charge is -2.36. The summed E-state index contributed by atoms with van der Waals surface area (Å²) in [6.45, 7) is 2.28. The highest BCUT2D eigenvalue weighted by Gasteiger charge is 2.31. The lowest BCUT2D eigenvalue weighted by molar-refractivity contribution is -0.137. The van der Waals surface area contributed by atoms with Crippen LogP contribution in [0.1, 0.15) is 28.7 Å². The maximum absolute atomic E-state index is 12.9. The second-order valence-corrected chi connectivity index (χ2v) is 6.69. The predicted octanol–water partition coefficient (Wildman–Crippen LogP) is 2.65. The molecule has 1 atom stereocenters. The number of rotatable bonds is 4. The number of primary amides is 1. The van der Waals surface area contributed by atoms with Gasteiger partial charge in [0, 0.05) is 25.7 Å². The van der Waals surface area contributed by atoms with Crippen LogP contribution in [-0.4, -0.2) is 29.9 Å². The van der Waals surface area contributed by atoms with Crippen molar-refractivity contribution in [3.8, 4) is 0 Å². The van der Waals surface area contributed by atoms with Gasteiger partial charge in [-0.15, -0.1) is 0 Å². The first-order chi connectivity index (χ1) is 13.1. The largest absolute Gasteiger partial charge is 0.416 e. The number of nitrogens with one attached hydrogen (secondary N) is 1. The Bertz CT molecular complexity index is 897. The van der Waals surface area contributed by atoms with Gasteiger partial charge in [0.15, 0.2) is 0 Å². The molecule has 2 aromatic rings. The third-order valence-corrected chi connectivity index (χ3v) is 4.56. The molecule has 1 aromatic carbocycles. The number of hydrogen-bond donors (Lipinski definition) is 2. The molecule has 1 aliphatic rings. The third kappa shape index (κ3) is 4.24. The lowest BCUT2D eigenvalue weighted by Crippen LogP contribution is -2.39. The van der Waals surface area contributed by atoms with E-state index in [0.29, 0.717) is 36.6 Å². The Morgan fingerprint density at radius 3 is 2.46 bits per heavy atom. The van der Waals surface area contributed by atoms with Crippen molar-refractivity contribution in [1.82, 2.24) is 10.3 Å². The van der Waals surface area contributed by atoms with Gasteiger partial charge in [0.05, 0.1) is 16.9 Å². The Hall–Kier alpha value is -3.10. The van der Waals surface area contributed by atoms with Crippen LogP contribution in [0.15, 0.2) is 36.4 Å². The molecular formula is C19H19F3N4O2. The van der Waals surface area contributed by atoms with E-state index in [0.717, 1.165) is 12.1 Å². The van der Waals surface area contributed by atoms with E-state index >= 15 is 0 Å². The fourth-order valence-electron chi connectivity index (χ4n) is 3.22. The Morgan fingerprint density at radius 2 is 1.89 bits per heavy atom. The first kappa shape index (κ1) is 19.7. The smallest absolute Gasteiger partial charge is 0.364 e. The molecule has 0 aliphatic carbocycles. The number of halogens is 3. The van der Waals surface area contributed by atoms with Gasteiger partial charge in [-0.3, -0.25) is 9.59 Å². The van der Waals surface area contributed by atoms with Crippen molar-refractivity contribution in [2.24, 2.45) is 11.7 Å². The quantitative estimate of drug-likeness (QED) is 0.837. The first-order valence-corrected chi connectivity index (χ1v) is 8.64. The molecule has 2 amide bonds. The predicted molar refractivity (Wildman–Crippen MR) is 97.1 cm³/mol. The number of nitrogens with two attached hydrogens (primary N) is 1. The van der Waals surface area contributed by atoms with Crippen molar-refractivity contribution in [2.45, 2.75) is 19.5 Å². The van der Waals surface area contributed by atoms with E-state index in [1.165, 1.54) is 25.1 Å². The fourth-order valence-corrected chi connectivity index (χ4v) is 3.22. The summed E-state index contributed by atoms with van der Waals surface area (Å²) in [5.41, 5.74) is 6.56. The number of carbonyl (C=O) groups excluding carboxylic acids is 2. The number of amides is 2. The number of fused-ring (bicyclic) bond motifs is 1. The van der Waals surface area contributed by atoms with E-state index < -0.39 is 17.6 Å². The van der Waals surface area contributed by atoms with E-state index in [4.69, 9.17) is 5.73 Å². The summed E-state index contributed by atoms with van der Waals surface area (Å²) in [5, 5.41) is 2.75. The molecule has 0 saturated carbocycles. The first-order valence-electron chi connectivity index (χ1n) is 8.64. The summed E-state index contributed by atoms with van der Waals surface area (Å²) in [4.78, 5) is 28.8. The molecule has 28 heavy (non-hydrogen) atoms.